The predicted octanol–water partition coefficient (Wildman–Crippen LogP) is 3.64. The predicted molar refractivity (Wildman–Crippen MR) is 73.0 cm³/mol. The van der Waals surface area contributed by atoms with Crippen molar-refractivity contribution >= 4 is 5.97 Å². The zero-order valence-corrected chi connectivity index (χ0v) is 10.9. The maximum atomic E-state index is 11.9. The Hall–Kier alpha value is -1.83. The summed E-state index contributed by atoms with van der Waals surface area (Å²) < 4.78 is 5.71. The van der Waals surface area contributed by atoms with Crippen molar-refractivity contribution in [2.24, 2.45) is 0 Å². The number of carbonyl (C=O) groups excluding carboxylic acids is 1. The van der Waals surface area contributed by atoms with Gasteiger partial charge in [-0.15, -0.1) is 0 Å². The third kappa shape index (κ3) is 2.23. The van der Waals surface area contributed by atoms with Gasteiger partial charge in [0.25, 0.3) is 0 Å². The number of allylic oxidation sites excluding steroid dienone is 6. The Balaban J connectivity index is 2.28. The second-order valence-corrected chi connectivity index (χ2v) is 4.85. The average Bonchev–Trinajstić information content (AvgIpc) is 3.02. The monoisotopic (exact) mass is 242 g/mol. The van der Waals surface area contributed by atoms with Crippen molar-refractivity contribution < 1.29 is 9.53 Å². The fourth-order valence-electron chi connectivity index (χ4n) is 2.21. The van der Waals surface area contributed by atoms with Crippen molar-refractivity contribution in [2.75, 3.05) is 0 Å². The van der Waals surface area contributed by atoms with E-state index < -0.39 is 5.60 Å². The first-order valence-corrected chi connectivity index (χ1v) is 6.15. The lowest BCUT2D eigenvalue weighted by atomic mass is 9.85. The Morgan fingerprint density at radius 1 is 1.22 bits per heavy atom. The number of rotatable bonds is 4. The van der Waals surface area contributed by atoms with Crippen LogP contribution in [-0.4, -0.2) is 11.6 Å². The molecular weight excluding hydrogens is 224 g/mol. The molecule has 0 bridgehead atoms. The highest BCUT2D eigenvalue weighted by Gasteiger charge is 2.37. The molecule has 0 unspecified atom stereocenters. The van der Waals surface area contributed by atoms with Crippen molar-refractivity contribution in [3.05, 3.63) is 59.8 Å². The molecule has 0 aromatic rings. The zero-order chi connectivity index (χ0) is 13.2. The van der Waals surface area contributed by atoms with E-state index in [-0.39, 0.29) is 5.97 Å². The van der Waals surface area contributed by atoms with Gasteiger partial charge in [-0.25, -0.2) is 4.79 Å². The molecule has 2 heteroatoms. The summed E-state index contributed by atoms with van der Waals surface area (Å²) in [6.45, 7) is 7.28. The summed E-state index contributed by atoms with van der Waals surface area (Å²) in [5, 5.41) is 0. The minimum atomic E-state index is -0.650. The summed E-state index contributed by atoms with van der Waals surface area (Å²) in [6, 6.07) is 0. The molecule has 0 heterocycles. The molecular formula is C16H18O2. The third-order valence-electron chi connectivity index (χ3n) is 3.41. The Morgan fingerprint density at radius 3 is 2.06 bits per heavy atom. The SMILES string of the molecule is C=C(C)C(=O)OC(C)(C1=CC=CC1)C1=CC=CC1. The van der Waals surface area contributed by atoms with E-state index in [1.54, 1.807) is 6.92 Å². The maximum absolute atomic E-state index is 11.9. The Kier molecular flexibility index (Phi) is 3.37. The van der Waals surface area contributed by atoms with E-state index in [0.29, 0.717) is 5.57 Å². The molecule has 0 spiro atoms. The first-order chi connectivity index (χ1) is 8.54. The van der Waals surface area contributed by atoms with Gasteiger partial charge in [0, 0.05) is 5.57 Å². The van der Waals surface area contributed by atoms with Gasteiger partial charge in [-0.1, -0.05) is 43.0 Å². The largest absolute Gasteiger partial charge is 0.447 e. The molecule has 0 aliphatic heterocycles. The number of hydrogen-bond acceptors (Lipinski definition) is 2. The van der Waals surface area contributed by atoms with Gasteiger partial charge >= 0.3 is 5.97 Å². The van der Waals surface area contributed by atoms with E-state index in [0.717, 1.165) is 24.0 Å². The second-order valence-electron chi connectivity index (χ2n) is 4.85. The van der Waals surface area contributed by atoms with Crippen LogP contribution < -0.4 is 0 Å². The topological polar surface area (TPSA) is 26.3 Å². The van der Waals surface area contributed by atoms with Gasteiger partial charge in [-0.3, -0.25) is 0 Å². The molecule has 94 valence electrons. The fourth-order valence-corrected chi connectivity index (χ4v) is 2.21. The van der Waals surface area contributed by atoms with E-state index in [1.807, 2.05) is 31.2 Å². The summed E-state index contributed by atoms with van der Waals surface area (Å²) in [4.78, 5) is 11.9. The Bertz CT molecular complexity index is 471. The van der Waals surface area contributed by atoms with E-state index in [1.165, 1.54) is 0 Å². The van der Waals surface area contributed by atoms with Crippen LogP contribution in [0.3, 0.4) is 0 Å². The normalized spacial score (nSPS) is 17.7. The minimum Gasteiger partial charge on any atom is -0.447 e. The van der Waals surface area contributed by atoms with Crippen LogP contribution in [0.2, 0.25) is 0 Å². The number of hydrogen-bond donors (Lipinski definition) is 0. The molecule has 2 nitrogen and oxygen atoms in total. The zero-order valence-electron chi connectivity index (χ0n) is 10.9. The van der Waals surface area contributed by atoms with Crippen LogP contribution in [0.4, 0.5) is 0 Å². The second kappa shape index (κ2) is 4.81. The summed E-state index contributed by atoms with van der Waals surface area (Å²) in [5.41, 5.74) is 2.02. The van der Waals surface area contributed by atoms with E-state index in [9.17, 15) is 4.79 Å². The van der Waals surface area contributed by atoms with Crippen LogP contribution in [0.25, 0.3) is 0 Å². The van der Waals surface area contributed by atoms with Crippen LogP contribution in [0.15, 0.2) is 59.8 Å². The van der Waals surface area contributed by atoms with Crippen LogP contribution in [0.5, 0.6) is 0 Å². The number of ether oxygens (including phenoxy) is 1. The van der Waals surface area contributed by atoms with Gasteiger partial charge in [0.2, 0.25) is 0 Å². The van der Waals surface area contributed by atoms with Gasteiger partial charge < -0.3 is 4.74 Å². The Morgan fingerprint density at radius 2 is 1.72 bits per heavy atom. The minimum absolute atomic E-state index is 0.335. The van der Waals surface area contributed by atoms with Gasteiger partial charge in [-0.05, 0) is 37.8 Å². The molecule has 2 aliphatic rings. The molecule has 0 aromatic heterocycles. The molecule has 18 heavy (non-hydrogen) atoms. The van der Waals surface area contributed by atoms with Crippen LogP contribution >= 0.6 is 0 Å². The van der Waals surface area contributed by atoms with Crippen molar-refractivity contribution in [3.8, 4) is 0 Å². The highest BCUT2D eigenvalue weighted by Crippen LogP contribution is 2.38. The molecule has 0 fully saturated rings. The van der Waals surface area contributed by atoms with E-state index in [4.69, 9.17) is 4.74 Å². The molecule has 0 amide bonds. The van der Waals surface area contributed by atoms with Crippen molar-refractivity contribution in [3.63, 3.8) is 0 Å². The lowest BCUT2D eigenvalue weighted by Crippen LogP contribution is -2.35. The lowest BCUT2D eigenvalue weighted by Gasteiger charge is -2.33. The molecule has 2 aliphatic carbocycles. The molecule has 0 saturated heterocycles. The quantitative estimate of drug-likeness (QED) is 0.555. The first-order valence-electron chi connectivity index (χ1n) is 6.15. The first kappa shape index (κ1) is 12.6. The fraction of sp³-hybridized carbons (Fsp3) is 0.312. The summed E-state index contributed by atoms with van der Waals surface area (Å²) in [7, 11) is 0. The van der Waals surface area contributed by atoms with Gasteiger partial charge in [0.05, 0.1) is 0 Å². The standard InChI is InChI=1S/C16H18O2/c1-12(2)15(17)18-16(3,13-8-4-5-9-13)14-10-6-7-11-14/h4-8,10H,1,9,11H2,2-3H3. The number of esters is 1. The highest BCUT2D eigenvalue weighted by molar-refractivity contribution is 5.87. The van der Waals surface area contributed by atoms with Gasteiger partial charge in [0.15, 0.2) is 5.60 Å². The van der Waals surface area contributed by atoms with Gasteiger partial charge in [0.1, 0.15) is 0 Å². The van der Waals surface area contributed by atoms with Gasteiger partial charge in [-0.2, -0.15) is 0 Å². The van der Waals surface area contributed by atoms with Crippen molar-refractivity contribution in [2.45, 2.75) is 32.3 Å². The van der Waals surface area contributed by atoms with Crippen LogP contribution in [0, 0.1) is 0 Å². The van der Waals surface area contributed by atoms with Crippen molar-refractivity contribution in [1.29, 1.82) is 0 Å². The van der Waals surface area contributed by atoms with Crippen LogP contribution in [0.1, 0.15) is 26.7 Å². The summed E-state index contributed by atoms with van der Waals surface area (Å²) in [5.74, 6) is -0.335. The molecule has 0 aromatic carbocycles. The molecule has 0 N–H and O–H groups in total. The Labute approximate surface area is 108 Å². The molecule has 0 radical (unpaired) electrons. The molecule has 2 rings (SSSR count). The highest BCUT2D eigenvalue weighted by atomic mass is 16.6. The van der Waals surface area contributed by atoms with Crippen molar-refractivity contribution in [1.82, 2.24) is 0 Å². The number of carbonyl (C=O) groups is 1. The van der Waals surface area contributed by atoms with E-state index >= 15 is 0 Å². The average molecular weight is 242 g/mol. The summed E-state index contributed by atoms with van der Waals surface area (Å²) >= 11 is 0. The van der Waals surface area contributed by atoms with Crippen LogP contribution in [-0.2, 0) is 9.53 Å². The van der Waals surface area contributed by atoms with E-state index in [2.05, 4.69) is 18.7 Å². The molecule has 0 atom stereocenters. The third-order valence-corrected chi connectivity index (χ3v) is 3.41. The molecule has 0 saturated carbocycles. The maximum Gasteiger partial charge on any atom is 0.334 e. The smallest absolute Gasteiger partial charge is 0.334 e. The summed E-state index contributed by atoms with van der Waals surface area (Å²) in [6.07, 6.45) is 13.9. The lowest BCUT2D eigenvalue weighted by molar-refractivity contribution is -0.147.